The highest BCUT2D eigenvalue weighted by Gasteiger charge is 2.19. The molecule has 36 heavy (non-hydrogen) atoms. The number of aromatic nitrogens is 3. The molecule has 6 rings (SSSR count). The van der Waals surface area contributed by atoms with Crippen LogP contribution in [0.15, 0.2) is 115 Å². The van der Waals surface area contributed by atoms with Gasteiger partial charge in [-0.15, -0.1) is 0 Å². The van der Waals surface area contributed by atoms with Gasteiger partial charge in [-0.25, -0.2) is 9.50 Å². The fourth-order valence-corrected chi connectivity index (χ4v) is 4.18. The predicted molar refractivity (Wildman–Crippen MR) is 138 cm³/mol. The fraction of sp³-hybridized carbons (Fsp3) is 0.103. The summed E-state index contributed by atoms with van der Waals surface area (Å²) in [5.74, 6) is 3.10. The van der Waals surface area contributed by atoms with Gasteiger partial charge in [-0.05, 0) is 29.8 Å². The van der Waals surface area contributed by atoms with E-state index in [0.29, 0.717) is 13.1 Å². The molecule has 0 amide bonds. The molecular formula is C29H24N4O3. The molecule has 0 unspecified atom stereocenters. The van der Waals surface area contributed by atoms with Gasteiger partial charge in [0.05, 0.1) is 18.3 Å². The fourth-order valence-electron chi connectivity index (χ4n) is 4.18. The molecule has 0 fully saturated rings. The molecule has 0 bridgehead atoms. The molecule has 0 saturated heterocycles. The van der Waals surface area contributed by atoms with E-state index < -0.39 is 0 Å². The molecule has 178 valence electrons. The standard InChI is InChI=1S/C29H24N4O3/c1-3-9-22(10-4-1)18-32(19-24-20-34-21-35-24)28-15-16-33-29(31-28)26(17-30-33)25-13-7-8-14-27(25)36-23-11-5-2-6-12-23/h1-17,20H,18-19,21H2. The van der Waals surface area contributed by atoms with E-state index in [2.05, 4.69) is 22.1 Å². The number of benzene rings is 3. The molecule has 0 aliphatic carbocycles. The van der Waals surface area contributed by atoms with Crippen molar-refractivity contribution in [2.75, 3.05) is 18.2 Å². The first-order valence-corrected chi connectivity index (χ1v) is 11.7. The Morgan fingerprint density at radius 2 is 1.61 bits per heavy atom. The molecule has 5 aromatic rings. The molecule has 1 aliphatic heterocycles. The predicted octanol–water partition coefficient (Wildman–Crippen LogP) is 6.04. The number of rotatable bonds is 8. The Bertz CT molecular complexity index is 1500. The van der Waals surface area contributed by atoms with Crippen LogP contribution in [-0.4, -0.2) is 27.9 Å². The topological polar surface area (TPSA) is 61.1 Å². The highest BCUT2D eigenvalue weighted by atomic mass is 16.7. The lowest BCUT2D eigenvalue weighted by Crippen LogP contribution is -2.26. The van der Waals surface area contributed by atoms with Gasteiger partial charge in [0.2, 0.25) is 6.79 Å². The van der Waals surface area contributed by atoms with Crippen molar-refractivity contribution >= 4 is 11.5 Å². The first-order valence-electron chi connectivity index (χ1n) is 11.7. The van der Waals surface area contributed by atoms with Crippen LogP contribution in [0.1, 0.15) is 5.56 Å². The second-order valence-corrected chi connectivity index (χ2v) is 8.38. The molecular weight excluding hydrogens is 452 g/mol. The van der Waals surface area contributed by atoms with Crippen molar-refractivity contribution in [1.82, 2.24) is 14.6 Å². The zero-order valence-corrected chi connectivity index (χ0v) is 19.5. The third-order valence-corrected chi connectivity index (χ3v) is 5.92. The molecule has 0 atom stereocenters. The zero-order chi connectivity index (χ0) is 24.2. The zero-order valence-electron chi connectivity index (χ0n) is 19.5. The minimum Gasteiger partial charge on any atom is -0.462 e. The van der Waals surface area contributed by atoms with E-state index in [4.69, 9.17) is 19.2 Å². The Kier molecular flexibility index (Phi) is 5.94. The maximum atomic E-state index is 6.21. The number of anilines is 1. The summed E-state index contributed by atoms with van der Waals surface area (Å²) in [5, 5.41) is 4.55. The molecule has 3 heterocycles. The number of hydrogen-bond acceptors (Lipinski definition) is 6. The van der Waals surface area contributed by atoms with Crippen LogP contribution in [0.2, 0.25) is 0 Å². The van der Waals surface area contributed by atoms with E-state index in [1.165, 1.54) is 5.56 Å². The number of hydrogen-bond donors (Lipinski definition) is 0. The molecule has 2 aromatic heterocycles. The highest BCUT2D eigenvalue weighted by Crippen LogP contribution is 2.35. The van der Waals surface area contributed by atoms with Crippen LogP contribution >= 0.6 is 0 Å². The average molecular weight is 477 g/mol. The monoisotopic (exact) mass is 476 g/mol. The second kappa shape index (κ2) is 9.84. The number of fused-ring (bicyclic) bond motifs is 1. The number of para-hydroxylation sites is 2. The first-order chi connectivity index (χ1) is 17.8. The summed E-state index contributed by atoms with van der Waals surface area (Å²) in [6.45, 7) is 1.45. The SMILES string of the molecule is C1=C(CN(Cc2ccccc2)c2ccn3ncc(-c4ccccc4Oc4ccccc4)c3n2)OCO1. The van der Waals surface area contributed by atoms with E-state index in [1.807, 2.05) is 91.3 Å². The summed E-state index contributed by atoms with van der Waals surface area (Å²) < 4.78 is 18.9. The summed E-state index contributed by atoms with van der Waals surface area (Å²) in [4.78, 5) is 7.21. The first kappa shape index (κ1) is 21.7. The van der Waals surface area contributed by atoms with Gasteiger partial charge in [-0.2, -0.15) is 5.10 Å². The minimum absolute atomic E-state index is 0.242. The molecule has 0 radical (unpaired) electrons. The molecule has 7 heteroatoms. The third-order valence-electron chi connectivity index (χ3n) is 5.92. The van der Waals surface area contributed by atoms with Gasteiger partial charge in [0, 0.05) is 18.3 Å². The molecule has 3 aromatic carbocycles. The van der Waals surface area contributed by atoms with Gasteiger partial charge in [0.1, 0.15) is 23.6 Å². The Morgan fingerprint density at radius 3 is 2.42 bits per heavy atom. The average Bonchev–Trinajstić information content (AvgIpc) is 3.60. The summed E-state index contributed by atoms with van der Waals surface area (Å²) in [7, 11) is 0. The summed E-state index contributed by atoms with van der Waals surface area (Å²) >= 11 is 0. The van der Waals surface area contributed by atoms with Crippen molar-refractivity contribution in [3.8, 4) is 22.6 Å². The molecule has 0 saturated carbocycles. The van der Waals surface area contributed by atoms with Crippen molar-refractivity contribution in [1.29, 1.82) is 0 Å². The summed E-state index contributed by atoms with van der Waals surface area (Å²) in [6, 6.07) is 30.0. The summed E-state index contributed by atoms with van der Waals surface area (Å²) in [5.41, 5.74) is 3.73. The maximum Gasteiger partial charge on any atom is 0.229 e. The number of nitrogens with zero attached hydrogens (tertiary/aromatic N) is 4. The van der Waals surface area contributed by atoms with E-state index in [1.54, 1.807) is 10.8 Å². The minimum atomic E-state index is 0.242. The van der Waals surface area contributed by atoms with E-state index in [-0.39, 0.29) is 6.79 Å². The quantitative estimate of drug-likeness (QED) is 0.272. The van der Waals surface area contributed by atoms with Gasteiger partial charge in [-0.1, -0.05) is 66.7 Å². The van der Waals surface area contributed by atoms with Crippen molar-refractivity contribution < 1.29 is 14.2 Å². The van der Waals surface area contributed by atoms with Crippen molar-refractivity contribution in [2.24, 2.45) is 0 Å². The normalized spacial score (nSPS) is 12.6. The Balaban J connectivity index is 1.38. The van der Waals surface area contributed by atoms with Gasteiger partial charge < -0.3 is 19.1 Å². The molecule has 1 aliphatic rings. The maximum absolute atomic E-state index is 6.21. The molecule has 7 nitrogen and oxygen atoms in total. The van der Waals surface area contributed by atoms with E-state index in [9.17, 15) is 0 Å². The number of ether oxygens (including phenoxy) is 3. The smallest absolute Gasteiger partial charge is 0.229 e. The summed E-state index contributed by atoms with van der Waals surface area (Å²) in [6.07, 6.45) is 5.43. The Morgan fingerprint density at radius 1 is 0.833 bits per heavy atom. The van der Waals surface area contributed by atoms with Gasteiger partial charge in [0.15, 0.2) is 11.4 Å². The van der Waals surface area contributed by atoms with Crippen molar-refractivity contribution in [3.05, 3.63) is 121 Å². The van der Waals surface area contributed by atoms with Crippen LogP contribution in [0.3, 0.4) is 0 Å². The second-order valence-electron chi connectivity index (χ2n) is 8.38. The Hall–Kier alpha value is -4.78. The largest absolute Gasteiger partial charge is 0.462 e. The van der Waals surface area contributed by atoms with Gasteiger partial charge in [0.25, 0.3) is 0 Å². The van der Waals surface area contributed by atoms with Gasteiger partial charge in [-0.3, -0.25) is 0 Å². The molecule has 0 spiro atoms. The third kappa shape index (κ3) is 4.59. The van der Waals surface area contributed by atoms with Crippen molar-refractivity contribution in [3.63, 3.8) is 0 Å². The van der Waals surface area contributed by atoms with Crippen LogP contribution in [-0.2, 0) is 16.0 Å². The molecule has 0 N–H and O–H groups in total. The lowest BCUT2D eigenvalue weighted by atomic mass is 10.1. The van der Waals surface area contributed by atoms with Crippen LogP contribution < -0.4 is 9.64 Å². The van der Waals surface area contributed by atoms with Crippen LogP contribution in [0, 0.1) is 0 Å². The lowest BCUT2D eigenvalue weighted by Gasteiger charge is -2.24. The lowest BCUT2D eigenvalue weighted by molar-refractivity contribution is 0.0797. The van der Waals surface area contributed by atoms with Crippen LogP contribution in [0.5, 0.6) is 11.5 Å². The van der Waals surface area contributed by atoms with E-state index >= 15 is 0 Å². The van der Waals surface area contributed by atoms with E-state index in [0.717, 1.165) is 39.9 Å². The van der Waals surface area contributed by atoms with Crippen LogP contribution in [0.4, 0.5) is 5.82 Å². The highest BCUT2D eigenvalue weighted by molar-refractivity contribution is 5.82. The van der Waals surface area contributed by atoms with Gasteiger partial charge >= 0.3 is 0 Å². The Labute approximate surface area is 208 Å². The van der Waals surface area contributed by atoms with Crippen LogP contribution in [0.25, 0.3) is 16.8 Å². The van der Waals surface area contributed by atoms with Crippen molar-refractivity contribution in [2.45, 2.75) is 6.54 Å².